The van der Waals surface area contributed by atoms with Gasteiger partial charge in [-0.1, -0.05) is 23.2 Å². The number of hydrogen-bond donors (Lipinski definition) is 1. The molecule has 14 heavy (non-hydrogen) atoms. The van der Waals surface area contributed by atoms with E-state index in [1.807, 2.05) is 0 Å². The molecule has 0 amide bonds. The van der Waals surface area contributed by atoms with Crippen LogP contribution in [0.3, 0.4) is 0 Å². The van der Waals surface area contributed by atoms with Gasteiger partial charge in [0.25, 0.3) is 0 Å². The van der Waals surface area contributed by atoms with Gasteiger partial charge in [-0.2, -0.15) is 4.98 Å². The standard InChI is InChI=1S/C6H3Cl2F3N2O/c7-2-1-3(12)4(8)13-5(2)14-6(9,10)11/h1H,12H2. The topological polar surface area (TPSA) is 48.1 Å². The van der Waals surface area contributed by atoms with Gasteiger partial charge in [-0.05, 0) is 6.07 Å². The van der Waals surface area contributed by atoms with Crippen LogP contribution in [0.25, 0.3) is 0 Å². The van der Waals surface area contributed by atoms with E-state index in [1.165, 1.54) is 0 Å². The molecule has 1 aromatic heterocycles. The smallest absolute Gasteiger partial charge is 0.396 e. The zero-order valence-corrected chi connectivity index (χ0v) is 7.91. The fraction of sp³-hybridized carbons (Fsp3) is 0.167. The molecule has 0 atom stereocenters. The average molecular weight is 247 g/mol. The summed E-state index contributed by atoms with van der Waals surface area (Å²) in [6.45, 7) is 0. The molecular formula is C6H3Cl2F3N2O. The van der Waals surface area contributed by atoms with Gasteiger partial charge in [0.15, 0.2) is 5.15 Å². The van der Waals surface area contributed by atoms with E-state index in [4.69, 9.17) is 28.9 Å². The number of nitrogens with two attached hydrogens (primary N) is 1. The molecular weight excluding hydrogens is 244 g/mol. The SMILES string of the molecule is Nc1cc(Cl)c(OC(F)(F)F)nc1Cl. The Labute approximate surface area is 86.6 Å². The summed E-state index contributed by atoms with van der Waals surface area (Å²) < 4.78 is 38.8. The van der Waals surface area contributed by atoms with Crippen LogP contribution >= 0.6 is 23.2 Å². The molecule has 0 saturated carbocycles. The monoisotopic (exact) mass is 246 g/mol. The van der Waals surface area contributed by atoms with E-state index in [1.54, 1.807) is 0 Å². The molecule has 0 aromatic carbocycles. The van der Waals surface area contributed by atoms with Crippen LogP contribution in [0.15, 0.2) is 6.07 Å². The molecule has 0 bridgehead atoms. The lowest BCUT2D eigenvalue weighted by molar-refractivity contribution is -0.276. The number of hydrogen-bond acceptors (Lipinski definition) is 3. The van der Waals surface area contributed by atoms with Gasteiger partial charge in [0.1, 0.15) is 5.02 Å². The van der Waals surface area contributed by atoms with Crippen molar-refractivity contribution in [3.63, 3.8) is 0 Å². The molecule has 78 valence electrons. The Hall–Kier alpha value is -0.880. The predicted molar refractivity (Wildman–Crippen MR) is 45.4 cm³/mol. The second kappa shape index (κ2) is 3.70. The van der Waals surface area contributed by atoms with Gasteiger partial charge < -0.3 is 10.5 Å². The van der Waals surface area contributed by atoms with Crippen molar-refractivity contribution in [2.75, 3.05) is 5.73 Å². The third-order valence-electron chi connectivity index (χ3n) is 1.14. The highest BCUT2D eigenvalue weighted by Gasteiger charge is 2.33. The van der Waals surface area contributed by atoms with E-state index >= 15 is 0 Å². The molecule has 0 saturated heterocycles. The van der Waals surface area contributed by atoms with Crippen molar-refractivity contribution in [3.05, 3.63) is 16.2 Å². The van der Waals surface area contributed by atoms with E-state index in [0.717, 1.165) is 6.07 Å². The first-order chi connectivity index (χ1) is 6.29. The summed E-state index contributed by atoms with van der Waals surface area (Å²) in [6, 6.07) is 1.03. The lowest BCUT2D eigenvalue weighted by atomic mass is 10.4. The number of ether oxygens (including phenoxy) is 1. The summed E-state index contributed by atoms with van der Waals surface area (Å²) >= 11 is 10.8. The molecule has 8 heteroatoms. The number of nitrogen functional groups attached to an aromatic ring is 1. The summed E-state index contributed by atoms with van der Waals surface area (Å²) in [5, 5.41) is -0.655. The van der Waals surface area contributed by atoms with Crippen LogP contribution in [0.4, 0.5) is 18.9 Å². The largest absolute Gasteiger partial charge is 0.574 e. The Bertz CT molecular complexity index is 356. The van der Waals surface area contributed by atoms with Gasteiger partial charge in [0.2, 0.25) is 5.88 Å². The van der Waals surface area contributed by atoms with Crippen molar-refractivity contribution in [3.8, 4) is 5.88 Å². The molecule has 1 rings (SSSR count). The van der Waals surface area contributed by atoms with Gasteiger partial charge in [0, 0.05) is 0 Å². The van der Waals surface area contributed by atoms with Crippen LogP contribution in [0.2, 0.25) is 10.2 Å². The Morgan fingerprint density at radius 2 is 1.93 bits per heavy atom. The quantitative estimate of drug-likeness (QED) is 0.776. The molecule has 0 radical (unpaired) electrons. The van der Waals surface area contributed by atoms with Crippen LogP contribution in [-0.2, 0) is 0 Å². The number of alkyl halides is 3. The minimum absolute atomic E-state index is 0.0220. The number of nitrogens with zero attached hydrogens (tertiary/aromatic N) is 1. The lowest BCUT2D eigenvalue weighted by Crippen LogP contribution is -2.18. The van der Waals surface area contributed by atoms with Gasteiger partial charge >= 0.3 is 6.36 Å². The molecule has 1 aromatic rings. The average Bonchev–Trinajstić information content (AvgIpc) is 1.97. The number of halogens is 5. The van der Waals surface area contributed by atoms with Crippen molar-refractivity contribution in [2.45, 2.75) is 6.36 Å². The Balaban J connectivity index is 3.04. The minimum atomic E-state index is -4.86. The highest BCUT2D eigenvalue weighted by molar-refractivity contribution is 6.34. The normalized spacial score (nSPS) is 11.5. The molecule has 0 fully saturated rings. The zero-order chi connectivity index (χ0) is 10.9. The second-order valence-corrected chi connectivity index (χ2v) is 2.97. The number of pyridine rings is 1. The molecule has 1 heterocycles. The molecule has 0 spiro atoms. The second-order valence-electron chi connectivity index (χ2n) is 2.20. The van der Waals surface area contributed by atoms with Crippen LogP contribution in [0, 0.1) is 0 Å². The van der Waals surface area contributed by atoms with E-state index in [9.17, 15) is 13.2 Å². The number of rotatable bonds is 1. The van der Waals surface area contributed by atoms with Crippen molar-refractivity contribution in [1.82, 2.24) is 4.98 Å². The third kappa shape index (κ3) is 2.81. The van der Waals surface area contributed by atoms with Crippen molar-refractivity contribution in [2.24, 2.45) is 0 Å². The van der Waals surface area contributed by atoms with Crippen molar-refractivity contribution in [1.29, 1.82) is 0 Å². The van der Waals surface area contributed by atoms with Crippen LogP contribution in [0.5, 0.6) is 5.88 Å². The number of anilines is 1. The minimum Gasteiger partial charge on any atom is -0.396 e. The molecule has 2 N–H and O–H groups in total. The van der Waals surface area contributed by atoms with Gasteiger partial charge in [-0.25, -0.2) is 0 Å². The Morgan fingerprint density at radius 3 is 2.43 bits per heavy atom. The first-order valence-corrected chi connectivity index (χ1v) is 3.92. The summed E-state index contributed by atoms with van der Waals surface area (Å²) in [7, 11) is 0. The zero-order valence-electron chi connectivity index (χ0n) is 6.40. The fourth-order valence-corrected chi connectivity index (χ4v) is 0.976. The molecule has 3 nitrogen and oxygen atoms in total. The van der Waals surface area contributed by atoms with Gasteiger partial charge in [-0.3, -0.25) is 0 Å². The highest BCUT2D eigenvalue weighted by atomic mass is 35.5. The number of aromatic nitrogens is 1. The maximum atomic E-state index is 11.8. The van der Waals surface area contributed by atoms with E-state index in [2.05, 4.69) is 9.72 Å². The lowest BCUT2D eigenvalue weighted by Gasteiger charge is -2.09. The van der Waals surface area contributed by atoms with E-state index < -0.39 is 12.2 Å². The summed E-state index contributed by atoms with van der Waals surface area (Å²) in [5.41, 5.74) is 5.22. The molecule has 0 aliphatic carbocycles. The Kier molecular flexibility index (Phi) is 2.96. The van der Waals surface area contributed by atoms with Gasteiger partial charge in [-0.15, -0.1) is 13.2 Å². The Morgan fingerprint density at radius 1 is 1.36 bits per heavy atom. The summed E-state index contributed by atoms with van der Waals surface area (Å²) in [6.07, 6.45) is -4.86. The van der Waals surface area contributed by atoms with Crippen LogP contribution in [-0.4, -0.2) is 11.3 Å². The molecule has 0 aliphatic rings. The van der Waals surface area contributed by atoms with Crippen molar-refractivity contribution >= 4 is 28.9 Å². The highest BCUT2D eigenvalue weighted by Crippen LogP contribution is 2.32. The predicted octanol–water partition coefficient (Wildman–Crippen LogP) is 2.87. The van der Waals surface area contributed by atoms with Crippen LogP contribution < -0.4 is 10.5 Å². The van der Waals surface area contributed by atoms with E-state index in [-0.39, 0.29) is 15.9 Å². The maximum absolute atomic E-state index is 11.8. The third-order valence-corrected chi connectivity index (χ3v) is 1.71. The van der Waals surface area contributed by atoms with E-state index in [0.29, 0.717) is 0 Å². The first kappa shape index (κ1) is 11.2. The summed E-state index contributed by atoms with van der Waals surface area (Å²) in [4.78, 5) is 3.22. The molecule has 0 unspecified atom stereocenters. The summed E-state index contributed by atoms with van der Waals surface area (Å²) in [5.74, 6) is -0.821. The van der Waals surface area contributed by atoms with Crippen molar-refractivity contribution < 1.29 is 17.9 Å². The maximum Gasteiger partial charge on any atom is 0.574 e. The fourth-order valence-electron chi connectivity index (χ4n) is 0.646. The van der Waals surface area contributed by atoms with Gasteiger partial charge in [0.05, 0.1) is 5.69 Å². The van der Waals surface area contributed by atoms with Crippen LogP contribution in [0.1, 0.15) is 0 Å². The molecule has 0 aliphatic heterocycles. The first-order valence-electron chi connectivity index (χ1n) is 3.17.